The van der Waals surface area contributed by atoms with Crippen LogP contribution in [0.4, 0.5) is 4.79 Å². The molecule has 1 aromatic carbocycles. The summed E-state index contributed by atoms with van der Waals surface area (Å²) in [4.78, 5) is 12.1. The highest BCUT2D eigenvalue weighted by molar-refractivity contribution is 5.74. The highest BCUT2D eigenvalue weighted by atomic mass is 16.5. The van der Waals surface area contributed by atoms with Gasteiger partial charge in [-0.15, -0.1) is 0 Å². The Morgan fingerprint density at radius 1 is 1.21 bits per heavy atom. The molecule has 3 atom stereocenters. The van der Waals surface area contributed by atoms with E-state index in [1.54, 1.807) is 0 Å². The monoisotopic (exact) mass is 330 g/mol. The molecule has 0 aromatic heterocycles. The Morgan fingerprint density at radius 2 is 2.08 bits per heavy atom. The van der Waals surface area contributed by atoms with Gasteiger partial charge in [-0.1, -0.05) is 12.1 Å². The maximum atomic E-state index is 12.1. The van der Waals surface area contributed by atoms with Crippen molar-refractivity contribution >= 4 is 6.03 Å². The third-order valence-electron chi connectivity index (χ3n) is 5.38. The van der Waals surface area contributed by atoms with Gasteiger partial charge in [-0.2, -0.15) is 0 Å². The molecule has 2 N–H and O–H groups in total. The fraction of sp³-hybridized carbons (Fsp3) is 0.632. The molecule has 3 aliphatic rings. The van der Waals surface area contributed by atoms with Gasteiger partial charge in [0, 0.05) is 6.54 Å². The van der Waals surface area contributed by atoms with Gasteiger partial charge in [-0.05, 0) is 62.6 Å². The van der Waals surface area contributed by atoms with Crippen molar-refractivity contribution in [3.05, 3.63) is 29.8 Å². The lowest BCUT2D eigenvalue weighted by atomic mass is 9.96. The molecule has 2 amide bonds. The second-order valence-corrected chi connectivity index (χ2v) is 7.21. The predicted octanol–water partition coefficient (Wildman–Crippen LogP) is 3.13. The van der Waals surface area contributed by atoms with Gasteiger partial charge in [0.1, 0.15) is 5.75 Å². The lowest BCUT2D eigenvalue weighted by molar-refractivity contribution is 0.0981. The van der Waals surface area contributed by atoms with E-state index >= 15 is 0 Å². The number of amides is 2. The molecule has 3 fully saturated rings. The van der Waals surface area contributed by atoms with Crippen molar-refractivity contribution in [1.82, 2.24) is 10.6 Å². The number of nitrogens with one attached hydrogen (secondary N) is 2. The fourth-order valence-corrected chi connectivity index (χ4v) is 4.12. The Labute approximate surface area is 143 Å². The fourth-order valence-electron chi connectivity index (χ4n) is 4.12. The van der Waals surface area contributed by atoms with Crippen molar-refractivity contribution in [2.45, 2.75) is 75.8 Å². The van der Waals surface area contributed by atoms with Crippen molar-refractivity contribution in [2.24, 2.45) is 0 Å². The second-order valence-electron chi connectivity index (χ2n) is 7.21. The third kappa shape index (κ3) is 3.66. The van der Waals surface area contributed by atoms with E-state index in [4.69, 9.17) is 9.47 Å². The summed E-state index contributed by atoms with van der Waals surface area (Å²) in [5, 5.41) is 5.99. The Balaban J connectivity index is 1.25. The maximum absolute atomic E-state index is 12.1. The third-order valence-corrected chi connectivity index (χ3v) is 5.38. The number of carbonyl (C=O) groups excluding carboxylic acids is 1. The number of hydrogen-bond acceptors (Lipinski definition) is 3. The normalized spacial score (nSPS) is 28.9. The van der Waals surface area contributed by atoms with Crippen molar-refractivity contribution in [1.29, 1.82) is 0 Å². The number of ether oxygens (including phenoxy) is 2. The highest BCUT2D eigenvalue weighted by Gasteiger charge is 2.41. The lowest BCUT2D eigenvalue weighted by Crippen LogP contribution is -2.46. The van der Waals surface area contributed by atoms with Crippen LogP contribution in [0, 0.1) is 0 Å². The molecule has 2 heterocycles. The molecular formula is C19H26N2O3. The Kier molecular flexibility index (Phi) is 4.60. The lowest BCUT2D eigenvalue weighted by Gasteiger charge is -2.20. The standard InChI is InChI=1S/C19H26N2O3/c22-19(21-17-11-16-8-9-18(17)24-16)20-12-13-4-3-7-15(10-13)23-14-5-1-2-6-14/h3-4,7,10,14,16-18H,1-2,5-6,8-9,11-12H2,(H2,20,21,22). The van der Waals surface area contributed by atoms with Gasteiger partial charge in [0.15, 0.2) is 0 Å². The zero-order valence-electron chi connectivity index (χ0n) is 14.0. The van der Waals surface area contributed by atoms with Crippen LogP contribution >= 0.6 is 0 Å². The number of rotatable bonds is 5. The molecule has 0 radical (unpaired) electrons. The molecule has 1 aliphatic carbocycles. The number of fused-ring (bicyclic) bond motifs is 2. The van der Waals surface area contributed by atoms with Crippen molar-refractivity contribution in [2.75, 3.05) is 0 Å². The van der Waals surface area contributed by atoms with Crippen LogP contribution in [0.15, 0.2) is 24.3 Å². The first kappa shape index (κ1) is 15.8. The van der Waals surface area contributed by atoms with Gasteiger partial charge in [-0.3, -0.25) is 0 Å². The van der Waals surface area contributed by atoms with E-state index < -0.39 is 0 Å². The van der Waals surface area contributed by atoms with Gasteiger partial charge in [0.05, 0.1) is 24.4 Å². The summed E-state index contributed by atoms with van der Waals surface area (Å²) in [5.74, 6) is 0.906. The topological polar surface area (TPSA) is 59.6 Å². The van der Waals surface area contributed by atoms with Gasteiger partial charge in [0.2, 0.25) is 0 Å². The number of carbonyl (C=O) groups is 1. The van der Waals surface area contributed by atoms with Crippen LogP contribution in [0.3, 0.4) is 0 Å². The van der Waals surface area contributed by atoms with E-state index in [1.165, 1.54) is 12.8 Å². The molecule has 2 bridgehead atoms. The molecule has 5 nitrogen and oxygen atoms in total. The van der Waals surface area contributed by atoms with Gasteiger partial charge >= 0.3 is 6.03 Å². The average molecular weight is 330 g/mol. The summed E-state index contributed by atoms with van der Waals surface area (Å²) in [6, 6.07) is 8.08. The van der Waals surface area contributed by atoms with E-state index in [0.717, 1.165) is 43.4 Å². The minimum Gasteiger partial charge on any atom is -0.490 e. The Hall–Kier alpha value is -1.75. The predicted molar refractivity (Wildman–Crippen MR) is 91.0 cm³/mol. The largest absolute Gasteiger partial charge is 0.490 e. The maximum Gasteiger partial charge on any atom is 0.315 e. The number of urea groups is 1. The summed E-state index contributed by atoms with van der Waals surface area (Å²) < 4.78 is 11.8. The minimum absolute atomic E-state index is 0.113. The molecule has 130 valence electrons. The van der Waals surface area contributed by atoms with E-state index in [-0.39, 0.29) is 18.2 Å². The molecule has 3 unspecified atom stereocenters. The number of hydrogen-bond donors (Lipinski definition) is 2. The molecule has 24 heavy (non-hydrogen) atoms. The van der Waals surface area contributed by atoms with Gasteiger partial charge in [0.25, 0.3) is 0 Å². The summed E-state index contributed by atoms with van der Waals surface area (Å²) in [7, 11) is 0. The summed E-state index contributed by atoms with van der Waals surface area (Å²) >= 11 is 0. The first-order valence-electron chi connectivity index (χ1n) is 9.22. The van der Waals surface area contributed by atoms with Gasteiger partial charge < -0.3 is 20.1 Å². The highest BCUT2D eigenvalue weighted by Crippen LogP contribution is 2.34. The van der Waals surface area contributed by atoms with Crippen LogP contribution in [0.25, 0.3) is 0 Å². The van der Waals surface area contributed by atoms with Crippen LogP contribution < -0.4 is 15.4 Å². The first-order chi connectivity index (χ1) is 11.8. The molecular weight excluding hydrogens is 304 g/mol. The zero-order valence-corrected chi connectivity index (χ0v) is 14.0. The second kappa shape index (κ2) is 7.01. The Morgan fingerprint density at radius 3 is 2.83 bits per heavy atom. The van der Waals surface area contributed by atoms with Crippen LogP contribution in [0.2, 0.25) is 0 Å². The molecule has 0 spiro atoms. The van der Waals surface area contributed by atoms with Crippen molar-refractivity contribution < 1.29 is 14.3 Å². The van der Waals surface area contributed by atoms with E-state index in [2.05, 4.69) is 10.6 Å². The summed E-state index contributed by atoms with van der Waals surface area (Å²) in [5.41, 5.74) is 1.06. The number of benzene rings is 1. The first-order valence-corrected chi connectivity index (χ1v) is 9.22. The van der Waals surface area contributed by atoms with Crippen LogP contribution in [0.1, 0.15) is 50.5 Å². The summed E-state index contributed by atoms with van der Waals surface area (Å²) in [6.07, 6.45) is 8.89. The molecule has 1 aromatic rings. The SMILES string of the molecule is O=C(NCc1cccc(OC2CCCC2)c1)NC1CC2CCC1O2. The molecule has 4 rings (SSSR count). The van der Waals surface area contributed by atoms with Crippen LogP contribution in [-0.2, 0) is 11.3 Å². The van der Waals surface area contributed by atoms with Crippen molar-refractivity contribution in [3.8, 4) is 5.75 Å². The van der Waals surface area contributed by atoms with Crippen molar-refractivity contribution in [3.63, 3.8) is 0 Å². The Bertz CT molecular complexity index is 586. The van der Waals surface area contributed by atoms with Crippen LogP contribution in [-0.4, -0.2) is 30.4 Å². The molecule has 5 heteroatoms. The van der Waals surface area contributed by atoms with Crippen LogP contribution in [0.5, 0.6) is 5.75 Å². The van der Waals surface area contributed by atoms with E-state index in [0.29, 0.717) is 18.8 Å². The molecule has 1 saturated carbocycles. The smallest absolute Gasteiger partial charge is 0.315 e. The van der Waals surface area contributed by atoms with E-state index in [9.17, 15) is 4.79 Å². The summed E-state index contributed by atoms with van der Waals surface area (Å²) in [6.45, 7) is 0.509. The quantitative estimate of drug-likeness (QED) is 0.872. The van der Waals surface area contributed by atoms with Gasteiger partial charge in [-0.25, -0.2) is 4.79 Å². The van der Waals surface area contributed by atoms with E-state index in [1.807, 2.05) is 24.3 Å². The average Bonchev–Trinajstić information content (AvgIpc) is 3.31. The zero-order chi connectivity index (χ0) is 16.4. The minimum atomic E-state index is -0.113. The molecule has 2 saturated heterocycles. The molecule has 2 aliphatic heterocycles.